The molecule has 0 amide bonds. The second-order valence-electron chi connectivity index (χ2n) is 7.28. The standard InChI is InChI=1S/C18H37N3O7/c1-13(2)3-4-25-5-6-26-7-8-27-11-14(19)9-21(20)10-16-18(24)17(23)15(22)12-28-16/h9,13,15-18,22-24H,3-8,10-12,19-20H2,1-2H3/b14-9-. The van der Waals surface area contributed by atoms with Crippen molar-refractivity contribution in [3.63, 3.8) is 0 Å². The molecule has 0 bridgehead atoms. The summed E-state index contributed by atoms with van der Waals surface area (Å²) in [6.45, 7) is 7.19. The molecule has 0 aromatic heterocycles. The molecule has 10 heteroatoms. The third kappa shape index (κ3) is 10.5. The van der Waals surface area contributed by atoms with Crippen molar-refractivity contribution in [2.24, 2.45) is 17.5 Å². The molecule has 166 valence electrons. The van der Waals surface area contributed by atoms with Crippen LogP contribution in [0.5, 0.6) is 0 Å². The first-order valence-corrected chi connectivity index (χ1v) is 9.67. The van der Waals surface area contributed by atoms with Gasteiger partial charge in [-0.15, -0.1) is 0 Å². The molecule has 1 fully saturated rings. The van der Waals surface area contributed by atoms with Crippen LogP contribution in [-0.2, 0) is 18.9 Å². The minimum Gasteiger partial charge on any atom is -0.399 e. The summed E-state index contributed by atoms with van der Waals surface area (Å²) >= 11 is 0. The van der Waals surface area contributed by atoms with E-state index in [1.165, 1.54) is 11.2 Å². The van der Waals surface area contributed by atoms with Gasteiger partial charge in [0.1, 0.15) is 24.4 Å². The van der Waals surface area contributed by atoms with Gasteiger partial charge >= 0.3 is 0 Å². The summed E-state index contributed by atoms with van der Waals surface area (Å²) < 4.78 is 21.5. The molecule has 4 atom stereocenters. The van der Waals surface area contributed by atoms with Crippen LogP contribution in [0.25, 0.3) is 0 Å². The third-order valence-electron chi connectivity index (χ3n) is 4.18. The van der Waals surface area contributed by atoms with E-state index in [2.05, 4.69) is 13.8 Å². The van der Waals surface area contributed by atoms with E-state index in [0.717, 1.165) is 13.0 Å². The Morgan fingerprint density at radius 2 is 1.68 bits per heavy atom. The average Bonchev–Trinajstić information content (AvgIpc) is 2.63. The summed E-state index contributed by atoms with van der Waals surface area (Å²) in [7, 11) is 0. The van der Waals surface area contributed by atoms with Crippen LogP contribution >= 0.6 is 0 Å². The number of hydrazine groups is 1. The Labute approximate surface area is 166 Å². The number of hydrogen-bond donors (Lipinski definition) is 5. The van der Waals surface area contributed by atoms with Crippen LogP contribution in [0.2, 0.25) is 0 Å². The predicted octanol–water partition coefficient (Wildman–Crippen LogP) is -1.46. The smallest absolute Gasteiger partial charge is 0.111 e. The van der Waals surface area contributed by atoms with Crippen molar-refractivity contribution in [3.05, 3.63) is 11.9 Å². The van der Waals surface area contributed by atoms with Gasteiger partial charge in [-0.2, -0.15) is 0 Å². The Balaban J connectivity index is 2.08. The van der Waals surface area contributed by atoms with Gasteiger partial charge in [0.25, 0.3) is 0 Å². The molecule has 1 aliphatic rings. The van der Waals surface area contributed by atoms with E-state index in [-0.39, 0.29) is 19.8 Å². The average molecular weight is 408 g/mol. The van der Waals surface area contributed by atoms with Gasteiger partial charge < -0.3 is 45.0 Å². The van der Waals surface area contributed by atoms with Gasteiger partial charge in [0.05, 0.1) is 51.9 Å². The summed E-state index contributed by atoms with van der Waals surface area (Å²) in [6, 6.07) is 0. The maximum atomic E-state index is 9.89. The van der Waals surface area contributed by atoms with E-state index < -0.39 is 24.4 Å². The summed E-state index contributed by atoms with van der Waals surface area (Å²) in [6.07, 6.45) is -1.83. The maximum absolute atomic E-state index is 9.89. The first-order chi connectivity index (χ1) is 13.3. The lowest BCUT2D eigenvalue weighted by Crippen LogP contribution is -2.56. The number of rotatable bonds is 14. The van der Waals surface area contributed by atoms with E-state index >= 15 is 0 Å². The molecular weight excluding hydrogens is 370 g/mol. The molecule has 1 heterocycles. The van der Waals surface area contributed by atoms with Crippen molar-refractivity contribution < 1.29 is 34.3 Å². The highest BCUT2D eigenvalue weighted by Crippen LogP contribution is 2.16. The molecular formula is C18H37N3O7. The van der Waals surface area contributed by atoms with Crippen LogP contribution in [-0.4, -0.2) is 97.5 Å². The van der Waals surface area contributed by atoms with Crippen LogP contribution in [0.15, 0.2) is 11.9 Å². The SMILES string of the molecule is CC(C)CCOCCOCCOC/C(N)=C/N(N)CC1OCC(O)C(O)C1O. The van der Waals surface area contributed by atoms with Crippen LogP contribution in [0.1, 0.15) is 20.3 Å². The van der Waals surface area contributed by atoms with Crippen LogP contribution in [0, 0.1) is 5.92 Å². The minimum atomic E-state index is -1.27. The molecule has 0 spiro atoms. The first kappa shape index (κ1) is 25.1. The molecule has 28 heavy (non-hydrogen) atoms. The molecule has 0 aromatic rings. The van der Waals surface area contributed by atoms with Gasteiger partial charge in [0.15, 0.2) is 0 Å². The van der Waals surface area contributed by atoms with E-state index in [1.807, 2.05) is 0 Å². The van der Waals surface area contributed by atoms with Gasteiger partial charge in [-0.3, -0.25) is 0 Å². The second kappa shape index (κ2) is 14.1. The fraction of sp³-hybridized carbons (Fsp3) is 0.889. The molecule has 0 aliphatic carbocycles. The van der Waals surface area contributed by atoms with Crippen molar-refractivity contribution >= 4 is 0 Å². The molecule has 1 saturated heterocycles. The number of aliphatic hydroxyl groups excluding tert-OH is 3. The topological polar surface area (TPSA) is 153 Å². The van der Waals surface area contributed by atoms with Crippen LogP contribution in [0.3, 0.4) is 0 Å². The van der Waals surface area contributed by atoms with Crippen molar-refractivity contribution in [2.75, 3.05) is 52.8 Å². The Hall–Kier alpha value is -0.980. The summed E-state index contributed by atoms with van der Waals surface area (Å²) in [5.74, 6) is 6.46. The zero-order valence-electron chi connectivity index (χ0n) is 16.9. The third-order valence-corrected chi connectivity index (χ3v) is 4.18. The summed E-state index contributed by atoms with van der Waals surface area (Å²) in [5.41, 5.74) is 6.24. The zero-order valence-corrected chi connectivity index (χ0v) is 16.9. The molecule has 4 unspecified atom stereocenters. The van der Waals surface area contributed by atoms with Crippen molar-refractivity contribution in [2.45, 2.75) is 44.7 Å². The number of nitrogens with two attached hydrogens (primary N) is 2. The summed E-state index contributed by atoms with van der Waals surface area (Å²) in [5, 5.41) is 30.2. The monoisotopic (exact) mass is 407 g/mol. The number of nitrogens with zero attached hydrogens (tertiary/aromatic N) is 1. The molecule has 0 saturated carbocycles. The minimum absolute atomic E-state index is 0.0677. The normalized spacial score (nSPS) is 26.0. The highest BCUT2D eigenvalue weighted by atomic mass is 16.5. The Morgan fingerprint density at radius 1 is 1.07 bits per heavy atom. The quantitative estimate of drug-likeness (QED) is 0.131. The molecule has 1 aliphatic heterocycles. The molecule has 1 rings (SSSR count). The van der Waals surface area contributed by atoms with E-state index in [1.54, 1.807) is 0 Å². The first-order valence-electron chi connectivity index (χ1n) is 9.67. The lowest BCUT2D eigenvalue weighted by Gasteiger charge is -2.36. The van der Waals surface area contributed by atoms with Gasteiger partial charge in [0, 0.05) is 12.8 Å². The van der Waals surface area contributed by atoms with Crippen molar-refractivity contribution in [1.82, 2.24) is 5.01 Å². The predicted molar refractivity (Wildman–Crippen MR) is 103 cm³/mol. The zero-order chi connectivity index (χ0) is 20.9. The van der Waals surface area contributed by atoms with E-state index in [4.69, 9.17) is 30.5 Å². The fourth-order valence-electron chi connectivity index (χ4n) is 2.49. The number of hydrogen-bond acceptors (Lipinski definition) is 10. The van der Waals surface area contributed by atoms with E-state index in [9.17, 15) is 15.3 Å². The Kier molecular flexibility index (Phi) is 12.6. The van der Waals surface area contributed by atoms with Gasteiger partial charge in [-0.05, 0) is 12.3 Å². The lowest BCUT2D eigenvalue weighted by molar-refractivity contribution is -0.189. The van der Waals surface area contributed by atoms with E-state index in [0.29, 0.717) is 38.0 Å². The van der Waals surface area contributed by atoms with Crippen LogP contribution in [0.4, 0.5) is 0 Å². The van der Waals surface area contributed by atoms with Gasteiger partial charge in [-0.25, -0.2) is 5.84 Å². The van der Waals surface area contributed by atoms with Gasteiger partial charge in [-0.1, -0.05) is 13.8 Å². The van der Waals surface area contributed by atoms with Crippen molar-refractivity contribution in [1.29, 1.82) is 0 Å². The summed E-state index contributed by atoms with van der Waals surface area (Å²) in [4.78, 5) is 0. The van der Waals surface area contributed by atoms with Crippen LogP contribution < -0.4 is 11.6 Å². The number of ether oxygens (including phenoxy) is 4. The second-order valence-corrected chi connectivity index (χ2v) is 7.28. The molecule has 0 aromatic carbocycles. The molecule has 0 radical (unpaired) electrons. The fourth-order valence-corrected chi connectivity index (χ4v) is 2.49. The Morgan fingerprint density at radius 3 is 2.32 bits per heavy atom. The lowest BCUT2D eigenvalue weighted by atomic mass is 10.00. The number of aliphatic hydroxyl groups is 3. The highest BCUT2D eigenvalue weighted by molar-refractivity contribution is 4.97. The largest absolute Gasteiger partial charge is 0.399 e. The molecule has 10 nitrogen and oxygen atoms in total. The van der Waals surface area contributed by atoms with Gasteiger partial charge in [0.2, 0.25) is 0 Å². The Bertz CT molecular complexity index is 439. The highest BCUT2D eigenvalue weighted by Gasteiger charge is 2.37. The maximum Gasteiger partial charge on any atom is 0.111 e. The van der Waals surface area contributed by atoms with Crippen molar-refractivity contribution in [3.8, 4) is 0 Å². The molecule has 7 N–H and O–H groups in total.